The fourth-order valence-electron chi connectivity index (χ4n) is 2.98. The van der Waals surface area contributed by atoms with Crippen LogP contribution >= 0.6 is 35.7 Å². The van der Waals surface area contributed by atoms with E-state index in [1.54, 1.807) is 25.2 Å². The lowest BCUT2D eigenvalue weighted by Crippen LogP contribution is -2.44. The molecule has 1 N–H and O–H groups in total. The van der Waals surface area contributed by atoms with Gasteiger partial charge in [-0.3, -0.25) is 14.5 Å². The van der Waals surface area contributed by atoms with E-state index in [9.17, 15) is 19.5 Å². The van der Waals surface area contributed by atoms with Gasteiger partial charge >= 0.3 is 5.97 Å². The summed E-state index contributed by atoms with van der Waals surface area (Å²) in [5.41, 5.74) is 1.67. The second-order valence-corrected chi connectivity index (χ2v) is 8.39. The highest BCUT2D eigenvalue weighted by molar-refractivity contribution is 8.26. The zero-order chi connectivity index (χ0) is 19.0. The van der Waals surface area contributed by atoms with Crippen molar-refractivity contribution in [3.63, 3.8) is 0 Å². The highest BCUT2D eigenvalue weighted by atomic mass is 32.2. The van der Waals surface area contributed by atoms with Gasteiger partial charge in [-0.25, -0.2) is 4.79 Å². The molecule has 1 fully saturated rings. The fraction of sp³-hybridized carbons (Fsp3) is 0.294. The highest BCUT2D eigenvalue weighted by Gasteiger charge is 2.44. The van der Waals surface area contributed by atoms with Crippen LogP contribution in [0, 0.1) is 0 Å². The van der Waals surface area contributed by atoms with Crippen molar-refractivity contribution in [1.82, 2.24) is 4.90 Å². The van der Waals surface area contributed by atoms with E-state index < -0.39 is 17.9 Å². The minimum atomic E-state index is -1.10. The van der Waals surface area contributed by atoms with Gasteiger partial charge in [0.25, 0.3) is 11.8 Å². The topological polar surface area (TPSA) is 77.9 Å². The van der Waals surface area contributed by atoms with Gasteiger partial charge in [0.05, 0.1) is 16.2 Å². The number of hydrogen-bond acceptors (Lipinski definition) is 6. The second kappa shape index (κ2) is 7.42. The van der Waals surface area contributed by atoms with Crippen LogP contribution in [0.5, 0.6) is 0 Å². The Kier molecular flexibility index (Phi) is 5.40. The van der Waals surface area contributed by atoms with Crippen LogP contribution in [0.4, 0.5) is 5.69 Å². The second-order valence-electron chi connectivity index (χ2n) is 5.76. The summed E-state index contributed by atoms with van der Waals surface area (Å²) in [4.78, 5) is 40.2. The number of carbonyl (C=O) groups is 3. The molecule has 2 heterocycles. The first-order valence-electron chi connectivity index (χ1n) is 7.77. The summed E-state index contributed by atoms with van der Waals surface area (Å²) in [7, 11) is 1.65. The normalized spacial score (nSPS) is 20.8. The van der Waals surface area contributed by atoms with Crippen molar-refractivity contribution >= 4 is 69.1 Å². The number of amides is 2. The van der Waals surface area contributed by atoms with E-state index >= 15 is 0 Å². The maximum absolute atomic E-state index is 13.0. The van der Waals surface area contributed by atoms with Gasteiger partial charge < -0.3 is 10.0 Å². The van der Waals surface area contributed by atoms with Gasteiger partial charge in [-0.1, -0.05) is 42.2 Å². The highest BCUT2D eigenvalue weighted by Crippen LogP contribution is 2.44. The van der Waals surface area contributed by atoms with Crippen molar-refractivity contribution in [1.29, 1.82) is 0 Å². The van der Waals surface area contributed by atoms with Crippen molar-refractivity contribution in [3.05, 3.63) is 34.7 Å². The van der Waals surface area contributed by atoms with Crippen LogP contribution in [-0.4, -0.2) is 57.2 Å². The molecule has 3 rings (SSSR count). The molecule has 1 saturated heterocycles. The zero-order valence-electron chi connectivity index (χ0n) is 14.1. The molecule has 2 aliphatic heterocycles. The number of nitrogens with zero attached hydrogens (tertiary/aromatic N) is 2. The maximum Gasteiger partial charge on any atom is 0.326 e. The Hall–Kier alpha value is -1.84. The molecule has 9 heteroatoms. The van der Waals surface area contributed by atoms with Gasteiger partial charge in [0.1, 0.15) is 10.4 Å². The van der Waals surface area contributed by atoms with Crippen molar-refractivity contribution in [3.8, 4) is 0 Å². The number of anilines is 1. The number of hydrogen-bond donors (Lipinski definition) is 1. The Morgan fingerprint density at radius 2 is 2.00 bits per heavy atom. The molecule has 0 unspecified atom stereocenters. The van der Waals surface area contributed by atoms with E-state index in [-0.39, 0.29) is 27.1 Å². The molecule has 26 heavy (non-hydrogen) atoms. The molecule has 136 valence electrons. The van der Waals surface area contributed by atoms with Crippen LogP contribution in [-0.2, 0) is 14.4 Å². The van der Waals surface area contributed by atoms with Crippen LogP contribution in [0.15, 0.2) is 29.2 Å². The number of para-hydroxylation sites is 1. The predicted octanol–water partition coefficient (Wildman–Crippen LogP) is 2.44. The number of carbonyl (C=O) groups excluding carboxylic acids is 2. The van der Waals surface area contributed by atoms with E-state index in [4.69, 9.17) is 12.2 Å². The fourth-order valence-corrected chi connectivity index (χ4v) is 4.87. The van der Waals surface area contributed by atoms with E-state index in [0.717, 1.165) is 22.3 Å². The molecule has 2 aliphatic rings. The lowest BCUT2D eigenvalue weighted by Gasteiger charge is -2.22. The molecule has 0 aliphatic carbocycles. The molecular formula is C17H16N2O4S3. The summed E-state index contributed by atoms with van der Waals surface area (Å²) >= 11 is 7.78. The van der Waals surface area contributed by atoms with E-state index in [1.165, 1.54) is 16.7 Å². The summed E-state index contributed by atoms with van der Waals surface area (Å²) in [5, 5.41) is 9.54. The lowest BCUT2D eigenvalue weighted by atomic mass is 10.1. The van der Waals surface area contributed by atoms with E-state index in [0.29, 0.717) is 11.3 Å². The third-order valence-corrected chi connectivity index (χ3v) is 6.32. The molecule has 1 aromatic rings. The molecule has 1 aromatic carbocycles. The first-order chi connectivity index (χ1) is 12.4. The Bertz CT molecular complexity index is 852. The number of carboxylic acid groups (broad SMARTS) is 1. The number of carboxylic acids is 1. The Morgan fingerprint density at radius 1 is 1.31 bits per heavy atom. The van der Waals surface area contributed by atoms with Gasteiger partial charge in [0, 0.05) is 12.6 Å². The van der Waals surface area contributed by atoms with Crippen LogP contribution in [0.25, 0.3) is 5.57 Å². The molecule has 0 aromatic heterocycles. The summed E-state index contributed by atoms with van der Waals surface area (Å²) in [6.45, 7) is 0. The first kappa shape index (κ1) is 18.9. The number of likely N-dealkylation sites (N-methyl/N-ethyl adjacent to an activating group) is 1. The smallest absolute Gasteiger partial charge is 0.326 e. The van der Waals surface area contributed by atoms with Gasteiger partial charge in [0.15, 0.2) is 0 Å². The van der Waals surface area contributed by atoms with Crippen molar-refractivity contribution in [2.24, 2.45) is 0 Å². The summed E-state index contributed by atoms with van der Waals surface area (Å²) in [6.07, 6.45) is 2.16. The average molecular weight is 409 g/mol. The van der Waals surface area contributed by atoms with Gasteiger partial charge in [-0.15, -0.1) is 0 Å². The SMILES string of the molecule is CSCC[C@@H](C(=O)O)N1C(=O)/C(=C2\C(=O)N(C)c3ccccc32)SC1=S. The number of thioether (sulfide) groups is 2. The van der Waals surface area contributed by atoms with Crippen LogP contribution in [0.2, 0.25) is 0 Å². The van der Waals surface area contributed by atoms with Crippen LogP contribution in [0.3, 0.4) is 0 Å². The molecule has 0 spiro atoms. The maximum atomic E-state index is 13.0. The number of aliphatic carboxylic acids is 1. The summed E-state index contributed by atoms with van der Waals surface area (Å²) in [6, 6.07) is 6.17. The van der Waals surface area contributed by atoms with Crippen LogP contribution < -0.4 is 4.90 Å². The van der Waals surface area contributed by atoms with Gasteiger partial charge in [0.2, 0.25) is 0 Å². The molecule has 0 saturated carbocycles. The lowest BCUT2D eigenvalue weighted by molar-refractivity contribution is -0.145. The van der Waals surface area contributed by atoms with Crippen molar-refractivity contribution in [2.45, 2.75) is 12.5 Å². The summed E-state index contributed by atoms with van der Waals surface area (Å²) < 4.78 is 0.172. The number of thiocarbonyl (C=S) groups is 1. The van der Waals surface area contributed by atoms with Crippen molar-refractivity contribution < 1.29 is 19.5 Å². The van der Waals surface area contributed by atoms with Crippen molar-refractivity contribution in [2.75, 3.05) is 24.0 Å². The number of rotatable bonds is 5. The third kappa shape index (κ3) is 3.04. The minimum Gasteiger partial charge on any atom is -0.480 e. The van der Waals surface area contributed by atoms with Crippen LogP contribution in [0.1, 0.15) is 12.0 Å². The molecule has 6 nitrogen and oxygen atoms in total. The Morgan fingerprint density at radius 3 is 2.65 bits per heavy atom. The molecular weight excluding hydrogens is 392 g/mol. The summed E-state index contributed by atoms with van der Waals surface area (Å²) in [5.74, 6) is -1.31. The predicted molar refractivity (Wildman–Crippen MR) is 108 cm³/mol. The zero-order valence-corrected chi connectivity index (χ0v) is 16.5. The third-order valence-electron chi connectivity index (χ3n) is 4.27. The molecule has 2 amide bonds. The largest absolute Gasteiger partial charge is 0.480 e. The Labute approximate surface area is 164 Å². The monoisotopic (exact) mass is 408 g/mol. The quantitative estimate of drug-likeness (QED) is 0.592. The molecule has 0 bridgehead atoms. The minimum absolute atomic E-state index is 0.172. The van der Waals surface area contributed by atoms with Gasteiger partial charge in [-0.2, -0.15) is 11.8 Å². The number of benzene rings is 1. The van der Waals surface area contributed by atoms with Gasteiger partial charge in [-0.05, 0) is 24.5 Å². The number of fused-ring (bicyclic) bond motifs is 1. The molecule has 1 atom stereocenters. The standard InChI is InChI=1S/C17H16N2O4S3/c1-18-10-6-4-3-5-9(10)12(14(18)20)13-15(21)19(17(24)26-13)11(16(22)23)7-8-25-2/h3-6,11H,7-8H2,1-2H3,(H,22,23)/b13-12+/t11-/m0/s1. The first-order valence-corrected chi connectivity index (χ1v) is 10.4. The molecule has 0 radical (unpaired) electrons. The average Bonchev–Trinajstić information content (AvgIpc) is 3.03. The van der Waals surface area contributed by atoms with E-state index in [2.05, 4.69) is 0 Å². The Balaban J connectivity index is 2.05. The van der Waals surface area contributed by atoms with E-state index in [1.807, 2.05) is 12.3 Å².